The lowest BCUT2D eigenvalue weighted by molar-refractivity contribution is 0.0979. The Labute approximate surface area is 85.9 Å². The van der Waals surface area contributed by atoms with Gasteiger partial charge >= 0.3 is 0 Å². The largest absolute Gasteiger partial charge is 0.345 e. The van der Waals surface area contributed by atoms with Gasteiger partial charge in [-0.05, 0) is 24.5 Å². The minimum Gasteiger partial charge on any atom is -0.345 e. The molecule has 0 radical (unpaired) electrons. The van der Waals surface area contributed by atoms with Crippen molar-refractivity contribution in [2.24, 2.45) is 5.92 Å². The highest BCUT2D eigenvalue weighted by atomic mass is 16.1. The first-order valence-electron chi connectivity index (χ1n) is 5.33. The van der Waals surface area contributed by atoms with Crippen molar-refractivity contribution in [2.45, 2.75) is 40.2 Å². The van der Waals surface area contributed by atoms with Crippen LogP contribution in [-0.4, -0.2) is 10.4 Å². The molecule has 0 atom stereocenters. The van der Waals surface area contributed by atoms with Crippen LogP contribution in [0.15, 0.2) is 18.3 Å². The van der Waals surface area contributed by atoms with Crippen molar-refractivity contribution in [3.63, 3.8) is 0 Å². The normalized spacial score (nSPS) is 10.9. The van der Waals surface area contributed by atoms with Gasteiger partial charge in [0.25, 0.3) is 0 Å². The van der Waals surface area contributed by atoms with E-state index in [1.54, 1.807) is 0 Å². The molecule has 0 bridgehead atoms. The van der Waals surface area contributed by atoms with Crippen LogP contribution in [0.2, 0.25) is 0 Å². The van der Waals surface area contributed by atoms with Gasteiger partial charge in [-0.1, -0.05) is 20.8 Å². The van der Waals surface area contributed by atoms with E-state index >= 15 is 0 Å². The Morgan fingerprint density at radius 2 is 2.21 bits per heavy atom. The molecule has 0 aliphatic heterocycles. The number of ketones is 1. The molecular formula is C12H19NO. The molecule has 0 N–H and O–H groups in total. The second-order valence-electron chi connectivity index (χ2n) is 4.05. The number of hydrogen-bond donors (Lipinski definition) is 0. The predicted molar refractivity (Wildman–Crippen MR) is 58.5 cm³/mol. The van der Waals surface area contributed by atoms with E-state index < -0.39 is 0 Å². The monoisotopic (exact) mass is 193 g/mol. The molecule has 0 fully saturated rings. The molecule has 2 nitrogen and oxygen atoms in total. The van der Waals surface area contributed by atoms with Crippen LogP contribution < -0.4 is 0 Å². The van der Waals surface area contributed by atoms with Crippen molar-refractivity contribution in [3.05, 3.63) is 24.0 Å². The summed E-state index contributed by atoms with van der Waals surface area (Å²) in [4.78, 5) is 11.5. The van der Waals surface area contributed by atoms with Crippen LogP contribution in [0.1, 0.15) is 44.1 Å². The number of rotatable bonds is 5. The molecule has 0 saturated heterocycles. The average Bonchev–Trinajstić information content (AvgIpc) is 2.61. The number of aromatic nitrogens is 1. The Balaban J connectivity index is 2.67. The molecule has 0 aliphatic rings. The molecular weight excluding hydrogens is 174 g/mol. The molecule has 0 saturated carbocycles. The zero-order valence-corrected chi connectivity index (χ0v) is 9.29. The third kappa shape index (κ3) is 2.72. The van der Waals surface area contributed by atoms with Gasteiger partial charge in [-0.25, -0.2) is 0 Å². The lowest BCUT2D eigenvalue weighted by Crippen LogP contribution is -2.09. The zero-order valence-electron chi connectivity index (χ0n) is 9.29. The molecule has 0 aliphatic carbocycles. The van der Waals surface area contributed by atoms with Gasteiger partial charge < -0.3 is 4.57 Å². The van der Waals surface area contributed by atoms with E-state index in [1.807, 2.05) is 25.3 Å². The number of aryl methyl sites for hydroxylation is 1. The van der Waals surface area contributed by atoms with Crippen molar-refractivity contribution in [3.8, 4) is 0 Å². The van der Waals surface area contributed by atoms with Crippen LogP contribution in [-0.2, 0) is 6.54 Å². The van der Waals surface area contributed by atoms with E-state index in [1.165, 1.54) is 0 Å². The van der Waals surface area contributed by atoms with E-state index in [4.69, 9.17) is 0 Å². The maximum absolute atomic E-state index is 11.5. The first-order valence-corrected chi connectivity index (χ1v) is 5.33. The Kier molecular flexibility index (Phi) is 3.93. The van der Waals surface area contributed by atoms with Crippen LogP contribution in [0, 0.1) is 5.92 Å². The van der Waals surface area contributed by atoms with Crippen LogP contribution in [0.3, 0.4) is 0 Å². The van der Waals surface area contributed by atoms with Crippen LogP contribution in [0.25, 0.3) is 0 Å². The zero-order chi connectivity index (χ0) is 10.6. The first kappa shape index (κ1) is 11.0. The molecule has 0 aromatic carbocycles. The molecule has 1 aromatic heterocycles. The maximum Gasteiger partial charge on any atom is 0.178 e. The minimum atomic E-state index is 0.235. The highest BCUT2D eigenvalue weighted by Crippen LogP contribution is 2.09. The fraction of sp³-hybridized carbons (Fsp3) is 0.583. The van der Waals surface area contributed by atoms with Gasteiger partial charge in [-0.3, -0.25) is 4.79 Å². The molecule has 1 rings (SSSR count). The summed E-state index contributed by atoms with van der Waals surface area (Å²) in [6, 6.07) is 3.86. The molecule has 1 heterocycles. The lowest BCUT2D eigenvalue weighted by Gasteiger charge is -2.09. The smallest absolute Gasteiger partial charge is 0.178 e. The summed E-state index contributed by atoms with van der Waals surface area (Å²) in [5.74, 6) is 0.917. The summed E-state index contributed by atoms with van der Waals surface area (Å²) >= 11 is 0. The first-order chi connectivity index (χ1) is 6.65. The van der Waals surface area contributed by atoms with Crippen LogP contribution in [0.5, 0.6) is 0 Å². The summed E-state index contributed by atoms with van der Waals surface area (Å²) in [6.07, 6.45) is 3.70. The van der Waals surface area contributed by atoms with Gasteiger partial charge in [0.2, 0.25) is 0 Å². The summed E-state index contributed by atoms with van der Waals surface area (Å²) in [5.41, 5.74) is 0.855. The molecule has 78 valence electrons. The van der Waals surface area contributed by atoms with Crippen molar-refractivity contribution in [2.75, 3.05) is 0 Å². The minimum absolute atomic E-state index is 0.235. The van der Waals surface area contributed by atoms with E-state index in [0.717, 1.165) is 18.7 Å². The Morgan fingerprint density at radius 1 is 1.50 bits per heavy atom. The summed E-state index contributed by atoms with van der Waals surface area (Å²) < 4.78 is 2.06. The number of carbonyl (C=O) groups is 1. The quantitative estimate of drug-likeness (QED) is 0.658. The second-order valence-corrected chi connectivity index (χ2v) is 4.05. The fourth-order valence-corrected chi connectivity index (χ4v) is 1.44. The number of Topliss-reactive ketones (excluding diaryl/α,β-unsaturated/α-hetero) is 1. The highest BCUT2D eigenvalue weighted by Gasteiger charge is 2.08. The molecule has 1 aromatic rings. The topological polar surface area (TPSA) is 22.0 Å². The van der Waals surface area contributed by atoms with E-state index in [9.17, 15) is 4.79 Å². The van der Waals surface area contributed by atoms with Gasteiger partial charge in [0.05, 0.1) is 5.69 Å². The van der Waals surface area contributed by atoms with Gasteiger partial charge in [0, 0.05) is 19.2 Å². The van der Waals surface area contributed by atoms with Crippen molar-refractivity contribution in [1.82, 2.24) is 4.57 Å². The third-order valence-corrected chi connectivity index (χ3v) is 2.38. The van der Waals surface area contributed by atoms with E-state index in [-0.39, 0.29) is 5.78 Å². The fourth-order valence-electron chi connectivity index (χ4n) is 1.44. The van der Waals surface area contributed by atoms with Gasteiger partial charge in [0.1, 0.15) is 0 Å². The SMILES string of the molecule is CCC(=O)c1cccn1CCC(C)C. The molecule has 2 heteroatoms. The molecule has 0 unspecified atom stereocenters. The number of nitrogens with zero attached hydrogens (tertiary/aromatic N) is 1. The van der Waals surface area contributed by atoms with Crippen molar-refractivity contribution >= 4 is 5.78 Å². The summed E-state index contributed by atoms with van der Waals surface area (Å²) in [5, 5.41) is 0. The van der Waals surface area contributed by atoms with Crippen molar-refractivity contribution in [1.29, 1.82) is 0 Å². The highest BCUT2D eigenvalue weighted by molar-refractivity contribution is 5.94. The van der Waals surface area contributed by atoms with Crippen LogP contribution in [0.4, 0.5) is 0 Å². The van der Waals surface area contributed by atoms with Gasteiger partial charge in [-0.15, -0.1) is 0 Å². The molecule has 0 amide bonds. The van der Waals surface area contributed by atoms with Crippen molar-refractivity contribution < 1.29 is 4.79 Å². The summed E-state index contributed by atoms with van der Waals surface area (Å²) in [7, 11) is 0. The standard InChI is InChI=1S/C12H19NO/c1-4-12(14)11-6-5-8-13(11)9-7-10(2)3/h5-6,8,10H,4,7,9H2,1-3H3. The van der Waals surface area contributed by atoms with E-state index in [0.29, 0.717) is 12.3 Å². The molecule has 14 heavy (non-hydrogen) atoms. The van der Waals surface area contributed by atoms with E-state index in [2.05, 4.69) is 18.4 Å². The number of hydrogen-bond acceptors (Lipinski definition) is 1. The number of carbonyl (C=O) groups excluding carboxylic acids is 1. The molecule has 0 spiro atoms. The average molecular weight is 193 g/mol. The van der Waals surface area contributed by atoms with Crippen LogP contribution >= 0.6 is 0 Å². The predicted octanol–water partition coefficient (Wildman–Crippen LogP) is 3.13. The Bertz CT molecular complexity index is 299. The lowest BCUT2D eigenvalue weighted by atomic mass is 10.1. The second kappa shape index (κ2) is 4.99. The maximum atomic E-state index is 11.5. The van der Waals surface area contributed by atoms with Gasteiger partial charge in [0.15, 0.2) is 5.78 Å². The third-order valence-electron chi connectivity index (χ3n) is 2.38. The Hall–Kier alpha value is -1.05. The van der Waals surface area contributed by atoms with Gasteiger partial charge in [-0.2, -0.15) is 0 Å². The summed E-state index contributed by atoms with van der Waals surface area (Å²) in [6.45, 7) is 7.25. The Morgan fingerprint density at radius 3 is 2.79 bits per heavy atom.